The van der Waals surface area contributed by atoms with Gasteiger partial charge in [-0.2, -0.15) is 0 Å². The van der Waals surface area contributed by atoms with Crippen molar-refractivity contribution in [2.24, 2.45) is 0 Å². The van der Waals surface area contributed by atoms with Crippen molar-refractivity contribution in [3.63, 3.8) is 0 Å². The van der Waals surface area contributed by atoms with Crippen molar-refractivity contribution in [1.29, 1.82) is 0 Å². The number of hydrogen-bond donors (Lipinski definition) is 1. The highest BCUT2D eigenvalue weighted by atomic mass is 35.5. The van der Waals surface area contributed by atoms with E-state index in [4.69, 9.17) is 11.6 Å². The fourth-order valence-corrected chi connectivity index (χ4v) is 1.64. The van der Waals surface area contributed by atoms with E-state index in [9.17, 15) is 9.50 Å². The molecule has 0 radical (unpaired) electrons. The Bertz CT molecular complexity index is 347. The second kappa shape index (κ2) is 3.87. The molecule has 78 valence electrons. The van der Waals surface area contributed by atoms with Crippen molar-refractivity contribution in [1.82, 2.24) is 0 Å². The largest absolute Gasteiger partial charge is 0.395 e. The van der Waals surface area contributed by atoms with Crippen LogP contribution in [0, 0.1) is 12.7 Å². The molecule has 0 aliphatic heterocycles. The van der Waals surface area contributed by atoms with Crippen LogP contribution in [-0.2, 0) is 5.41 Å². The molecule has 0 aliphatic rings. The van der Waals surface area contributed by atoms with Crippen molar-refractivity contribution < 1.29 is 9.50 Å². The molecule has 0 unspecified atom stereocenters. The van der Waals surface area contributed by atoms with E-state index < -0.39 is 5.41 Å². The van der Waals surface area contributed by atoms with E-state index in [0.29, 0.717) is 5.02 Å². The van der Waals surface area contributed by atoms with Crippen LogP contribution in [-0.4, -0.2) is 11.7 Å². The molecule has 0 saturated carbocycles. The molecular formula is C11H14ClFO. The molecule has 14 heavy (non-hydrogen) atoms. The average molecular weight is 217 g/mol. The molecule has 0 aromatic heterocycles. The topological polar surface area (TPSA) is 20.2 Å². The predicted octanol–water partition coefficient (Wildman–Crippen LogP) is 3.06. The zero-order valence-electron chi connectivity index (χ0n) is 8.56. The van der Waals surface area contributed by atoms with Gasteiger partial charge in [0.2, 0.25) is 0 Å². The maximum absolute atomic E-state index is 13.1. The average Bonchev–Trinajstić information content (AvgIpc) is 2.11. The summed E-state index contributed by atoms with van der Waals surface area (Å²) < 4.78 is 13.1. The summed E-state index contributed by atoms with van der Waals surface area (Å²) in [5.74, 6) is -0.364. The molecule has 0 fully saturated rings. The summed E-state index contributed by atoms with van der Waals surface area (Å²) in [5.41, 5.74) is 1.12. The van der Waals surface area contributed by atoms with E-state index in [-0.39, 0.29) is 12.4 Å². The van der Waals surface area contributed by atoms with Crippen molar-refractivity contribution >= 4 is 11.6 Å². The lowest BCUT2D eigenvalue weighted by molar-refractivity contribution is 0.217. The van der Waals surface area contributed by atoms with E-state index in [1.807, 2.05) is 20.8 Å². The molecular weight excluding hydrogens is 203 g/mol. The van der Waals surface area contributed by atoms with Gasteiger partial charge in [-0.3, -0.25) is 0 Å². The Labute approximate surface area is 88.5 Å². The van der Waals surface area contributed by atoms with E-state index in [0.717, 1.165) is 11.1 Å². The van der Waals surface area contributed by atoms with E-state index in [1.165, 1.54) is 12.1 Å². The standard InChI is InChI=1S/C11H14ClFO/c1-7-9(11(2,3)6-14)4-8(13)5-10(7)12/h4-5,14H,6H2,1-3H3. The first kappa shape index (κ1) is 11.5. The molecule has 1 aromatic rings. The number of rotatable bonds is 2. The van der Waals surface area contributed by atoms with Crippen LogP contribution in [0.5, 0.6) is 0 Å². The Kier molecular flexibility index (Phi) is 3.17. The second-order valence-electron chi connectivity index (χ2n) is 4.10. The van der Waals surface area contributed by atoms with Crippen LogP contribution >= 0.6 is 11.6 Å². The van der Waals surface area contributed by atoms with Gasteiger partial charge in [0.05, 0.1) is 6.61 Å². The Morgan fingerprint density at radius 1 is 1.43 bits per heavy atom. The molecule has 0 amide bonds. The van der Waals surface area contributed by atoms with Gasteiger partial charge in [0.25, 0.3) is 0 Å². The fourth-order valence-electron chi connectivity index (χ4n) is 1.43. The summed E-state index contributed by atoms with van der Waals surface area (Å²) in [6.45, 7) is 5.50. The highest BCUT2D eigenvalue weighted by Gasteiger charge is 2.23. The summed E-state index contributed by atoms with van der Waals surface area (Å²) in [7, 11) is 0. The highest BCUT2D eigenvalue weighted by Crippen LogP contribution is 2.30. The summed E-state index contributed by atoms with van der Waals surface area (Å²) in [4.78, 5) is 0. The van der Waals surface area contributed by atoms with E-state index in [1.54, 1.807) is 0 Å². The molecule has 0 spiro atoms. The molecule has 0 saturated heterocycles. The molecule has 1 rings (SSSR count). The first-order chi connectivity index (χ1) is 6.38. The van der Waals surface area contributed by atoms with Crippen molar-refractivity contribution in [3.8, 4) is 0 Å². The Morgan fingerprint density at radius 2 is 2.00 bits per heavy atom. The second-order valence-corrected chi connectivity index (χ2v) is 4.51. The number of hydrogen-bond acceptors (Lipinski definition) is 1. The van der Waals surface area contributed by atoms with Gasteiger partial charge >= 0.3 is 0 Å². The number of aliphatic hydroxyl groups is 1. The Hall–Kier alpha value is -0.600. The maximum atomic E-state index is 13.1. The van der Waals surface area contributed by atoms with E-state index >= 15 is 0 Å². The zero-order valence-corrected chi connectivity index (χ0v) is 9.32. The van der Waals surface area contributed by atoms with Gasteiger partial charge in [-0.15, -0.1) is 0 Å². The minimum atomic E-state index is -0.462. The lowest BCUT2D eigenvalue weighted by Crippen LogP contribution is -2.23. The summed E-state index contributed by atoms with van der Waals surface area (Å²) in [6.07, 6.45) is 0. The van der Waals surface area contributed by atoms with Crippen LogP contribution in [0.3, 0.4) is 0 Å². The third kappa shape index (κ3) is 2.07. The molecule has 3 heteroatoms. The van der Waals surface area contributed by atoms with Gasteiger partial charge in [0.1, 0.15) is 5.82 Å². The van der Waals surface area contributed by atoms with Crippen LogP contribution in [0.25, 0.3) is 0 Å². The molecule has 1 N–H and O–H groups in total. The van der Waals surface area contributed by atoms with Gasteiger partial charge in [-0.1, -0.05) is 25.4 Å². The molecule has 0 atom stereocenters. The van der Waals surface area contributed by atoms with Crippen LogP contribution < -0.4 is 0 Å². The van der Waals surface area contributed by atoms with E-state index in [2.05, 4.69) is 0 Å². The van der Waals surface area contributed by atoms with Gasteiger partial charge in [-0.05, 0) is 30.2 Å². The smallest absolute Gasteiger partial charge is 0.125 e. The Balaban J connectivity index is 3.34. The van der Waals surface area contributed by atoms with Crippen LogP contribution in [0.15, 0.2) is 12.1 Å². The maximum Gasteiger partial charge on any atom is 0.125 e. The SMILES string of the molecule is Cc1c(Cl)cc(F)cc1C(C)(C)CO. The van der Waals surface area contributed by atoms with Gasteiger partial charge in [0, 0.05) is 10.4 Å². The number of aliphatic hydroxyl groups excluding tert-OH is 1. The monoisotopic (exact) mass is 216 g/mol. The zero-order chi connectivity index (χ0) is 10.9. The molecule has 0 aliphatic carbocycles. The predicted molar refractivity (Wildman–Crippen MR) is 56.3 cm³/mol. The molecule has 0 bridgehead atoms. The number of halogens is 2. The van der Waals surface area contributed by atoms with Crippen molar-refractivity contribution in [3.05, 3.63) is 34.1 Å². The molecule has 1 aromatic carbocycles. The lowest BCUT2D eigenvalue weighted by atomic mass is 9.83. The quantitative estimate of drug-likeness (QED) is 0.806. The molecule has 1 nitrogen and oxygen atoms in total. The lowest BCUT2D eigenvalue weighted by Gasteiger charge is -2.25. The summed E-state index contributed by atoms with van der Waals surface area (Å²) in [5, 5.41) is 9.59. The van der Waals surface area contributed by atoms with Crippen LogP contribution in [0.4, 0.5) is 4.39 Å². The summed E-state index contributed by atoms with van der Waals surface area (Å²) in [6, 6.07) is 2.71. The number of benzene rings is 1. The Morgan fingerprint density at radius 3 is 2.50 bits per heavy atom. The summed E-state index contributed by atoms with van der Waals surface area (Å²) >= 11 is 5.86. The highest BCUT2D eigenvalue weighted by molar-refractivity contribution is 6.31. The fraction of sp³-hybridized carbons (Fsp3) is 0.455. The van der Waals surface area contributed by atoms with Crippen LogP contribution in [0.2, 0.25) is 5.02 Å². The van der Waals surface area contributed by atoms with Crippen molar-refractivity contribution in [2.75, 3.05) is 6.61 Å². The third-order valence-corrected chi connectivity index (χ3v) is 2.83. The minimum Gasteiger partial charge on any atom is -0.395 e. The van der Waals surface area contributed by atoms with Gasteiger partial charge in [0.15, 0.2) is 0 Å². The normalized spacial score (nSPS) is 11.9. The molecule has 0 heterocycles. The van der Waals surface area contributed by atoms with Gasteiger partial charge < -0.3 is 5.11 Å². The third-order valence-electron chi connectivity index (χ3n) is 2.43. The first-order valence-corrected chi connectivity index (χ1v) is 4.83. The van der Waals surface area contributed by atoms with Gasteiger partial charge in [-0.25, -0.2) is 4.39 Å². The minimum absolute atomic E-state index is 0.0341. The van der Waals surface area contributed by atoms with Crippen molar-refractivity contribution in [2.45, 2.75) is 26.2 Å². The van der Waals surface area contributed by atoms with Crippen LogP contribution in [0.1, 0.15) is 25.0 Å². The first-order valence-electron chi connectivity index (χ1n) is 4.45.